The molecule has 1 heterocycles. The number of non-ortho nitro benzene ring substituents is 1. The van der Waals surface area contributed by atoms with Crippen molar-refractivity contribution >= 4 is 17.5 Å². The van der Waals surface area contributed by atoms with Gasteiger partial charge in [-0.1, -0.05) is 25.0 Å². The molecular formula is C21H28N4O4. The van der Waals surface area contributed by atoms with E-state index in [4.69, 9.17) is 0 Å². The molecule has 1 aromatic carbocycles. The van der Waals surface area contributed by atoms with Crippen LogP contribution in [-0.4, -0.2) is 65.3 Å². The van der Waals surface area contributed by atoms with Gasteiger partial charge in [0.25, 0.3) is 11.6 Å². The molecule has 1 atom stereocenters. The van der Waals surface area contributed by atoms with E-state index in [1.54, 1.807) is 17.0 Å². The summed E-state index contributed by atoms with van der Waals surface area (Å²) in [7, 11) is 0. The number of hydrogen-bond donors (Lipinski definition) is 1. The second-order valence-corrected chi connectivity index (χ2v) is 7.66. The summed E-state index contributed by atoms with van der Waals surface area (Å²) < 4.78 is 0. The lowest BCUT2D eigenvalue weighted by atomic mass is 9.95. The van der Waals surface area contributed by atoms with E-state index in [1.165, 1.54) is 18.2 Å². The quantitative estimate of drug-likeness (QED) is 0.430. The van der Waals surface area contributed by atoms with Crippen LogP contribution in [-0.2, 0) is 4.79 Å². The average Bonchev–Trinajstić information content (AvgIpc) is 3.26. The first kappa shape index (κ1) is 21.0. The van der Waals surface area contributed by atoms with Crippen molar-refractivity contribution in [3.63, 3.8) is 0 Å². The van der Waals surface area contributed by atoms with Gasteiger partial charge < -0.3 is 10.2 Å². The summed E-state index contributed by atoms with van der Waals surface area (Å²) >= 11 is 0. The van der Waals surface area contributed by atoms with Gasteiger partial charge in [0.15, 0.2) is 0 Å². The maximum absolute atomic E-state index is 12.8. The van der Waals surface area contributed by atoms with Crippen LogP contribution in [0.15, 0.2) is 36.9 Å². The van der Waals surface area contributed by atoms with Crippen molar-refractivity contribution in [2.24, 2.45) is 5.92 Å². The zero-order valence-corrected chi connectivity index (χ0v) is 16.6. The maximum atomic E-state index is 12.8. The van der Waals surface area contributed by atoms with E-state index < -0.39 is 4.92 Å². The molecule has 1 aliphatic heterocycles. The van der Waals surface area contributed by atoms with Gasteiger partial charge in [-0.25, -0.2) is 0 Å². The number of carbonyl (C=O) groups is 2. The number of nitrogens with zero attached hydrogens (tertiary/aromatic N) is 3. The molecule has 1 aromatic rings. The molecule has 2 amide bonds. The molecule has 0 spiro atoms. The molecule has 0 bridgehead atoms. The van der Waals surface area contributed by atoms with Crippen LogP contribution in [0, 0.1) is 16.0 Å². The predicted molar refractivity (Wildman–Crippen MR) is 110 cm³/mol. The van der Waals surface area contributed by atoms with Crippen LogP contribution in [0.25, 0.3) is 0 Å². The second-order valence-electron chi connectivity index (χ2n) is 7.66. The monoisotopic (exact) mass is 400 g/mol. The first-order chi connectivity index (χ1) is 14.0. The molecule has 0 radical (unpaired) electrons. The van der Waals surface area contributed by atoms with Crippen molar-refractivity contribution in [3.8, 4) is 0 Å². The van der Waals surface area contributed by atoms with Gasteiger partial charge in [0.1, 0.15) is 0 Å². The van der Waals surface area contributed by atoms with Crippen molar-refractivity contribution in [2.45, 2.75) is 31.7 Å². The number of rotatable bonds is 7. The Morgan fingerprint density at radius 3 is 2.55 bits per heavy atom. The fraction of sp³-hybridized carbons (Fsp3) is 0.524. The number of amides is 2. The Balaban J connectivity index is 1.65. The van der Waals surface area contributed by atoms with Gasteiger partial charge in [0.2, 0.25) is 5.91 Å². The average molecular weight is 400 g/mol. The molecule has 2 fully saturated rings. The number of carbonyl (C=O) groups excluding carboxylic acids is 2. The summed E-state index contributed by atoms with van der Waals surface area (Å²) in [6.45, 7) is 6.34. The van der Waals surface area contributed by atoms with Crippen LogP contribution in [0.3, 0.4) is 0 Å². The molecule has 8 heteroatoms. The SMILES string of the molecule is C=CCNC(=O)C(C1CCCC1)N1CCN(C(=O)c2cccc([N+](=O)[O-])c2)CC1. The van der Waals surface area contributed by atoms with Crippen molar-refractivity contribution in [1.29, 1.82) is 0 Å². The zero-order chi connectivity index (χ0) is 20.8. The highest BCUT2D eigenvalue weighted by atomic mass is 16.6. The van der Waals surface area contributed by atoms with Crippen molar-refractivity contribution in [1.82, 2.24) is 15.1 Å². The minimum atomic E-state index is -0.497. The lowest BCUT2D eigenvalue weighted by Crippen LogP contribution is -2.58. The molecule has 3 rings (SSSR count). The highest BCUT2D eigenvalue weighted by molar-refractivity contribution is 5.95. The molecule has 1 aliphatic carbocycles. The number of benzene rings is 1. The molecule has 2 aliphatic rings. The molecular weight excluding hydrogens is 372 g/mol. The summed E-state index contributed by atoms with van der Waals surface area (Å²) in [5, 5.41) is 13.9. The number of nitrogens with one attached hydrogen (secondary N) is 1. The van der Waals surface area contributed by atoms with Gasteiger partial charge in [0.05, 0.1) is 11.0 Å². The van der Waals surface area contributed by atoms with E-state index in [9.17, 15) is 19.7 Å². The van der Waals surface area contributed by atoms with E-state index >= 15 is 0 Å². The van der Waals surface area contributed by atoms with E-state index in [0.717, 1.165) is 25.7 Å². The smallest absolute Gasteiger partial charge is 0.270 e. The molecule has 1 saturated carbocycles. The first-order valence-corrected chi connectivity index (χ1v) is 10.2. The van der Waals surface area contributed by atoms with E-state index in [0.29, 0.717) is 44.2 Å². The predicted octanol–water partition coefficient (Wildman–Crippen LogP) is 2.21. The van der Waals surface area contributed by atoms with Crippen LogP contribution >= 0.6 is 0 Å². The minimum absolute atomic E-state index is 0.0373. The summed E-state index contributed by atoms with van der Waals surface area (Å²) in [5.41, 5.74) is 0.235. The summed E-state index contributed by atoms with van der Waals surface area (Å²) in [5.74, 6) is 0.177. The molecule has 29 heavy (non-hydrogen) atoms. The van der Waals surface area contributed by atoms with Crippen molar-refractivity contribution in [2.75, 3.05) is 32.7 Å². The molecule has 8 nitrogen and oxygen atoms in total. The van der Waals surface area contributed by atoms with E-state index in [-0.39, 0.29) is 23.5 Å². The standard InChI is InChI=1S/C21H28N4O4/c1-2-10-22-20(26)19(16-6-3-4-7-16)23-11-13-24(14-12-23)21(27)17-8-5-9-18(15-17)25(28)29/h2,5,8-9,15-16,19H,1,3-4,6-7,10-14H2,(H,22,26). The van der Waals surface area contributed by atoms with Crippen LogP contribution < -0.4 is 5.32 Å². The first-order valence-electron chi connectivity index (χ1n) is 10.2. The Morgan fingerprint density at radius 1 is 1.24 bits per heavy atom. The van der Waals surface area contributed by atoms with Crippen LogP contribution in [0.2, 0.25) is 0 Å². The number of nitro groups is 1. The molecule has 1 unspecified atom stereocenters. The molecule has 156 valence electrons. The summed E-state index contributed by atoms with van der Waals surface area (Å²) in [4.78, 5) is 39.9. The van der Waals surface area contributed by atoms with Gasteiger partial charge >= 0.3 is 0 Å². The third-order valence-electron chi connectivity index (χ3n) is 5.83. The van der Waals surface area contributed by atoms with Gasteiger partial charge in [-0.15, -0.1) is 6.58 Å². The topological polar surface area (TPSA) is 95.8 Å². The summed E-state index contributed by atoms with van der Waals surface area (Å²) in [6, 6.07) is 5.65. The summed E-state index contributed by atoms with van der Waals surface area (Å²) in [6.07, 6.45) is 6.10. The third kappa shape index (κ3) is 5.00. The van der Waals surface area contributed by atoms with Crippen LogP contribution in [0.4, 0.5) is 5.69 Å². The van der Waals surface area contributed by atoms with Gasteiger partial charge in [-0.2, -0.15) is 0 Å². The molecule has 0 aromatic heterocycles. The Hall–Kier alpha value is -2.74. The van der Waals surface area contributed by atoms with Crippen molar-refractivity contribution in [3.05, 3.63) is 52.6 Å². The minimum Gasteiger partial charge on any atom is -0.351 e. The Bertz CT molecular complexity index is 768. The Kier molecular flexibility index (Phi) is 6.98. The maximum Gasteiger partial charge on any atom is 0.270 e. The second kappa shape index (κ2) is 9.65. The molecule has 1 saturated heterocycles. The third-order valence-corrected chi connectivity index (χ3v) is 5.83. The lowest BCUT2D eigenvalue weighted by molar-refractivity contribution is -0.384. The van der Waals surface area contributed by atoms with Gasteiger partial charge in [-0.05, 0) is 24.8 Å². The zero-order valence-electron chi connectivity index (χ0n) is 16.6. The number of hydrogen-bond acceptors (Lipinski definition) is 5. The lowest BCUT2D eigenvalue weighted by Gasteiger charge is -2.40. The van der Waals surface area contributed by atoms with Crippen LogP contribution in [0.1, 0.15) is 36.0 Å². The normalized spacial score (nSPS) is 19.0. The van der Waals surface area contributed by atoms with Gasteiger partial charge in [-0.3, -0.25) is 24.6 Å². The van der Waals surface area contributed by atoms with E-state index in [1.807, 2.05) is 0 Å². The van der Waals surface area contributed by atoms with Gasteiger partial charge in [0, 0.05) is 50.4 Å². The van der Waals surface area contributed by atoms with E-state index in [2.05, 4.69) is 16.8 Å². The largest absolute Gasteiger partial charge is 0.351 e. The Labute approximate surface area is 170 Å². The molecule has 1 N–H and O–H groups in total. The highest BCUT2D eigenvalue weighted by Gasteiger charge is 2.37. The highest BCUT2D eigenvalue weighted by Crippen LogP contribution is 2.31. The fourth-order valence-corrected chi connectivity index (χ4v) is 4.37. The fourth-order valence-electron chi connectivity index (χ4n) is 4.37. The van der Waals surface area contributed by atoms with Crippen molar-refractivity contribution < 1.29 is 14.5 Å². The number of piperazine rings is 1. The van der Waals surface area contributed by atoms with Crippen LogP contribution in [0.5, 0.6) is 0 Å². The number of nitro benzene ring substituents is 1. The Morgan fingerprint density at radius 2 is 1.93 bits per heavy atom.